The summed E-state index contributed by atoms with van der Waals surface area (Å²) in [7, 11) is 0. The second-order valence-corrected chi connectivity index (χ2v) is 5.90. The molecular formula is C14H28. The fraction of sp³-hybridized carbons (Fsp3) is 1.00. The Kier molecular flexibility index (Phi) is 4.04. The van der Waals surface area contributed by atoms with Gasteiger partial charge in [-0.2, -0.15) is 0 Å². The second-order valence-electron chi connectivity index (χ2n) is 5.90. The summed E-state index contributed by atoms with van der Waals surface area (Å²) in [5.74, 6) is 2.99. The van der Waals surface area contributed by atoms with Gasteiger partial charge in [-0.3, -0.25) is 0 Å². The van der Waals surface area contributed by atoms with Gasteiger partial charge in [0.1, 0.15) is 0 Å². The third-order valence-corrected chi connectivity index (χ3v) is 4.23. The summed E-state index contributed by atoms with van der Waals surface area (Å²) in [6, 6.07) is 0. The van der Waals surface area contributed by atoms with Crippen molar-refractivity contribution in [3.8, 4) is 0 Å². The van der Waals surface area contributed by atoms with E-state index in [1.165, 1.54) is 32.1 Å². The minimum Gasteiger partial charge on any atom is -0.0654 e. The molecule has 0 heterocycles. The molecule has 1 saturated carbocycles. The average Bonchev–Trinajstić information content (AvgIpc) is 2.83. The van der Waals surface area contributed by atoms with Crippen molar-refractivity contribution in [1.29, 1.82) is 0 Å². The van der Waals surface area contributed by atoms with Crippen molar-refractivity contribution in [2.75, 3.05) is 0 Å². The Morgan fingerprint density at radius 3 is 1.93 bits per heavy atom. The molecule has 0 bridgehead atoms. The van der Waals surface area contributed by atoms with Crippen LogP contribution in [0.5, 0.6) is 0 Å². The van der Waals surface area contributed by atoms with E-state index in [9.17, 15) is 0 Å². The van der Waals surface area contributed by atoms with E-state index in [0.29, 0.717) is 5.41 Å². The predicted molar refractivity (Wildman–Crippen MR) is 64.4 cm³/mol. The molecule has 0 amide bonds. The van der Waals surface area contributed by atoms with Crippen molar-refractivity contribution in [3.63, 3.8) is 0 Å². The second kappa shape index (κ2) is 4.68. The standard InChI is InChI=1S/C14H28/c1-6-8-14(5,9-7-2)13-10-12(13)11(3)4/h11-13H,6-10H2,1-5H3. The van der Waals surface area contributed by atoms with Gasteiger partial charge in [-0.15, -0.1) is 0 Å². The predicted octanol–water partition coefficient (Wildman–Crippen LogP) is 4.89. The summed E-state index contributed by atoms with van der Waals surface area (Å²) in [5.41, 5.74) is 0.665. The van der Waals surface area contributed by atoms with Crippen molar-refractivity contribution in [2.24, 2.45) is 23.2 Å². The topological polar surface area (TPSA) is 0 Å². The lowest BCUT2D eigenvalue weighted by molar-refractivity contribution is 0.201. The van der Waals surface area contributed by atoms with Crippen LogP contribution in [0, 0.1) is 23.2 Å². The van der Waals surface area contributed by atoms with Gasteiger partial charge in [0.25, 0.3) is 0 Å². The maximum Gasteiger partial charge on any atom is -0.0295 e. The fourth-order valence-electron chi connectivity index (χ4n) is 3.39. The van der Waals surface area contributed by atoms with Crippen LogP contribution in [0.1, 0.15) is 66.7 Å². The summed E-state index contributed by atoms with van der Waals surface area (Å²) in [5, 5.41) is 0. The Morgan fingerprint density at radius 2 is 1.64 bits per heavy atom. The van der Waals surface area contributed by atoms with Crippen molar-refractivity contribution in [3.05, 3.63) is 0 Å². The molecule has 2 atom stereocenters. The molecule has 84 valence electrons. The lowest BCUT2D eigenvalue weighted by atomic mass is 9.75. The van der Waals surface area contributed by atoms with Gasteiger partial charge in [0.2, 0.25) is 0 Å². The first-order valence-corrected chi connectivity index (χ1v) is 6.55. The van der Waals surface area contributed by atoms with Crippen LogP contribution < -0.4 is 0 Å². The molecule has 1 aliphatic carbocycles. The number of hydrogen-bond acceptors (Lipinski definition) is 0. The van der Waals surface area contributed by atoms with Gasteiger partial charge in [0.15, 0.2) is 0 Å². The molecule has 0 saturated heterocycles. The van der Waals surface area contributed by atoms with Gasteiger partial charge < -0.3 is 0 Å². The zero-order chi connectivity index (χ0) is 10.8. The van der Waals surface area contributed by atoms with E-state index in [0.717, 1.165) is 17.8 Å². The quantitative estimate of drug-likeness (QED) is 0.567. The first-order valence-electron chi connectivity index (χ1n) is 6.55. The van der Waals surface area contributed by atoms with Crippen LogP contribution in [0.3, 0.4) is 0 Å². The highest BCUT2D eigenvalue weighted by Gasteiger charge is 2.49. The van der Waals surface area contributed by atoms with E-state index >= 15 is 0 Å². The SMILES string of the molecule is CCCC(C)(CCC)C1CC1C(C)C. The van der Waals surface area contributed by atoms with Gasteiger partial charge >= 0.3 is 0 Å². The third-order valence-electron chi connectivity index (χ3n) is 4.23. The largest absolute Gasteiger partial charge is 0.0654 e. The van der Waals surface area contributed by atoms with Crippen LogP contribution in [-0.4, -0.2) is 0 Å². The van der Waals surface area contributed by atoms with Crippen LogP contribution in [0.15, 0.2) is 0 Å². The van der Waals surface area contributed by atoms with E-state index < -0.39 is 0 Å². The molecule has 1 rings (SSSR count). The summed E-state index contributed by atoms with van der Waals surface area (Å²) < 4.78 is 0. The molecule has 0 radical (unpaired) electrons. The summed E-state index contributed by atoms with van der Waals surface area (Å²) in [6.07, 6.45) is 7.10. The van der Waals surface area contributed by atoms with Gasteiger partial charge in [0.05, 0.1) is 0 Å². The molecule has 1 fully saturated rings. The lowest BCUT2D eigenvalue weighted by Crippen LogP contribution is -2.20. The van der Waals surface area contributed by atoms with E-state index in [-0.39, 0.29) is 0 Å². The monoisotopic (exact) mass is 196 g/mol. The molecule has 0 aromatic heterocycles. The zero-order valence-electron chi connectivity index (χ0n) is 10.8. The molecule has 0 spiro atoms. The third kappa shape index (κ3) is 2.52. The van der Waals surface area contributed by atoms with Crippen LogP contribution in [0.2, 0.25) is 0 Å². The Balaban J connectivity index is 2.52. The highest BCUT2D eigenvalue weighted by atomic mass is 14.5. The summed E-state index contributed by atoms with van der Waals surface area (Å²) in [6.45, 7) is 12.0. The maximum atomic E-state index is 2.53. The molecule has 14 heavy (non-hydrogen) atoms. The Labute approximate surface area is 90.5 Å². The van der Waals surface area contributed by atoms with Crippen LogP contribution in [0.4, 0.5) is 0 Å². The van der Waals surface area contributed by atoms with Crippen molar-refractivity contribution in [2.45, 2.75) is 66.7 Å². The summed E-state index contributed by atoms with van der Waals surface area (Å²) >= 11 is 0. The molecule has 0 aromatic carbocycles. The van der Waals surface area contributed by atoms with E-state index in [1.807, 2.05) is 0 Å². The zero-order valence-corrected chi connectivity index (χ0v) is 10.8. The van der Waals surface area contributed by atoms with Crippen LogP contribution in [0.25, 0.3) is 0 Å². The molecule has 0 heteroatoms. The van der Waals surface area contributed by atoms with Gasteiger partial charge in [0, 0.05) is 0 Å². The molecule has 1 aliphatic rings. The minimum atomic E-state index is 0.665. The molecule has 0 aromatic rings. The Bertz CT molecular complexity index is 163. The maximum absolute atomic E-state index is 2.53. The van der Waals surface area contributed by atoms with E-state index in [4.69, 9.17) is 0 Å². The number of rotatable bonds is 6. The van der Waals surface area contributed by atoms with Crippen LogP contribution >= 0.6 is 0 Å². The molecule has 2 unspecified atom stereocenters. The molecule has 0 nitrogen and oxygen atoms in total. The minimum absolute atomic E-state index is 0.665. The van der Waals surface area contributed by atoms with Crippen molar-refractivity contribution < 1.29 is 0 Å². The van der Waals surface area contributed by atoms with Crippen molar-refractivity contribution >= 4 is 0 Å². The van der Waals surface area contributed by atoms with Crippen molar-refractivity contribution in [1.82, 2.24) is 0 Å². The van der Waals surface area contributed by atoms with E-state index in [2.05, 4.69) is 34.6 Å². The fourth-order valence-corrected chi connectivity index (χ4v) is 3.39. The smallest absolute Gasteiger partial charge is 0.0295 e. The summed E-state index contributed by atoms with van der Waals surface area (Å²) in [4.78, 5) is 0. The highest BCUT2D eigenvalue weighted by molar-refractivity contribution is 4.98. The number of hydrogen-bond donors (Lipinski definition) is 0. The van der Waals surface area contributed by atoms with E-state index in [1.54, 1.807) is 0 Å². The van der Waals surface area contributed by atoms with Gasteiger partial charge in [-0.05, 0) is 42.4 Å². The Hall–Kier alpha value is 0. The normalized spacial score (nSPS) is 27.0. The Morgan fingerprint density at radius 1 is 1.14 bits per heavy atom. The molecule has 0 aliphatic heterocycles. The van der Waals surface area contributed by atoms with Gasteiger partial charge in [-0.1, -0.05) is 47.5 Å². The average molecular weight is 196 g/mol. The highest BCUT2D eigenvalue weighted by Crippen LogP contribution is 2.57. The molecule has 0 N–H and O–H groups in total. The lowest BCUT2D eigenvalue weighted by Gasteiger charge is -2.30. The van der Waals surface area contributed by atoms with Crippen LogP contribution in [-0.2, 0) is 0 Å². The first-order chi connectivity index (χ1) is 6.55. The molecular weight excluding hydrogens is 168 g/mol. The van der Waals surface area contributed by atoms with Gasteiger partial charge in [-0.25, -0.2) is 0 Å². The first kappa shape index (κ1) is 12.1.